The first kappa shape index (κ1) is 35.9. The number of aryl methyl sites for hydroxylation is 2. The van der Waals surface area contributed by atoms with E-state index in [1.54, 1.807) is 26.0 Å². The van der Waals surface area contributed by atoms with Gasteiger partial charge in [-0.2, -0.15) is 4.98 Å². The number of nitrogens with one attached hydrogen (secondary N) is 6. The van der Waals surface area contributed by atoms with Crippen LogP contribution in [0.5, 0.6) is 5.75 Å². The summed E-state index contributed by atoms with van der Waals surface area (Å²) in [5.41, 5.74) is 10.2. The van der Waals surface area contributed by atoms with Gasteiger partial charge in [0.25, 0.3) is 0 Å². The van der Waals surface area contributed by atoms with Gasteiger partial charge in [0.1, 0.15) is 23.9 Å². The minimum absolute atomic E-state index is 0.0178. The number of nitrogens with zero attached hydrogens (tertiary/aromatic N) is 2. The van der Waals surface area contributed by atoms with Crippen LogP contribution in [0.25, 0.3) is 10.9 Å². The smallest absolute Gasteiger partial charge is 0.405 e. The predicted molar refractivity (Wildman–Crippen MR) is 189 cm³/mol. The van der Waals surface area contributed by atoms with E-state index in [0.29, 0.717) is 28.9 Å². The number of hydrogen-bond donors (Lipinski definition) is 9. The molecule has 0 saturated carbocycles. The number of phenols is 1. The maximum absolute atomic E-state index is 14.3. The summed E-state index contributed by atoms with van der Waals surface area (Å²) in [7, 11) is 0. The van der Waals surface area contributed by atoms with Crippen molar-refractivity contribution in [2.45, 2.75) is 57.7 Å². The van der Waals surface area contributed by atoms with Gasteiger partial charge in [0.05, 0.1) is 0 Å². The van der Waals surface area contributed by atoms with Gasteiger partial charge in [-0.05, 0) is 66.3 Å². The van der Waals surface area contributed by atoms with E-state index in [2.05, 4.69) is 36.4 Å². The lowest BCUT2D eigenvalue weighted by atomic mass is 9.95. The van der Waals surface area contributed by atoms with Crippen LogP contribution < -0.4 is 27.0 Å². The molecule has 0 aliphatic rings. The number of aromatic amines is 1. The summed E-state index contributed by atoms with van der Waals surface area (Å²) >= 11 is 0. The van der Waals surface area contributed by atoms with Gasteiger partial charge in [-0.3, -0.25) is 15.0 Å². The molecule has 0 saturated heterocycles. The Labute approximate surface area is 293 Å². The molecule has 0 aliphatic heterocycles. The Hall–Kier alpha value is -6.38. The number of phenolic OH excluding ortho intramolecular Hbond substituents is 1. The van der Waals surface area contributed by atoms with Gasteiger partial charge in [0, 0.05) is 42.9 Å². The zero-order chi connectivity index (χ0) is 36.5. The first-order valence-electron chi connectivity index (χ1n) is 16.4. The van der Waals surface area contributed by atoms with Crippen LogP contribution in [-0.2, 0) is 28.9 Å². The molecular weight excluding hydrogens is 654 g/mol. The number of nitrogens with two attached hydrogens (primary N) is 1. The van der Waals surface area contributed by atoms with Crippen molar-refractivity contribution >= 4 is 34.8 Å². The molecule has 15 nitrogen and oxygen atoms in total. The second-order valence-corrected chi connectivity index (χ2v) is 12.3. The highest BCUT2D eigenvalue weighted by Crippen LogP contribution is 2.26. The number of amides is 3. The van der Waals surface area contributed by atoms with E-state index in [1.807, 2.05) is 60.8 Å². The van der Waals surface area contributed by atoms with E-state index in [9.17, 15) is 24.6 Å². The molecule has 0 aliphatic carbocycles. The Bertz CT molecular complexity index is 1990. The first-order valence-corrected chi connectivity index (χ1v) is 16.4. The van der Waals surface area contributed by atoms with Crippen LogP contribution in [-0.4, -0.2) is 67.8 Å². The van der Waals surface area contributed by atoms with Crippen LogP contribution in [0.1, 0.15) is 52.0 Å². The van der Waals surface area contributed by atoms with Crippen molar-refractivity contribution in [3.8, 4) is 5.75 Å². The Morgan fingerprint density at radius 2 is 1.63 bits per heavy atom. The van der Waals surface area contributed by atoms with Gasteiger partial charge in [-0.15, -0.1) is 0 Å². The summed E-state index contributed by atoms with van der Waals surface area (Å²) in [6.45, 7) is 3.59. The average molecular weight is 696 g/mol. The standard InChI is InChI=1S/C36H41N9O6/c1-20-14-24(46)15-21(2)26(20)18-29(41-32(47)28(43-36(49)50)12-13-39-35(37)38)33(48)42-30(17-23-19-40-27-11-7-6-10-25(23)27)34-44-31(45-51-34)16-22-8-4-3-5-9-22/h3-11,14-15,19,28-30,40,43,46H,12-13,16-18H2,1-2H3,(H,41,47)(H,42,48)(H,49,50)(H4,37,38,39)/t28?,29?,30-/m0/s1. The molecular formula is C36H41N9O6. The fourth-order valence-electron chi connectivity index (χ4n) is 6.00. The minimum atomic E-state index is -1.44. The van der Waals surface area contributed by atoms with Gasteiger partial charge in [-0.1, -0.05) is 53.7 Å². The summed E-state index contributed by atoms with van der Waals surface area (Å²) in [5.74, 6) is -1.02. The average Bonchev–Trinajstić information content (AvgIpc) is 3.72. The maximum atomic E-state index is 14.3. The molecule has 3 atom stereocenters. The third kappa shape index (κ3) is 9.62. The van der Waals surface area contributed by atoms with Crippen molar-refractivity contribution in [2.24, 2.45) is 5.73 Å². The number of aromatic nitrogens is 3. The number of guanidine groups is 1. The minimum Gasteiger partial charge on any atom is -0.508 e. The lowest BCUT2D eigenvalue weighted by Crippen LogP contribution is -2.55. The second-order valence-electron chi connectivity index (χ2n) is 12.3. The van der Waals surface area contributed by atoms with Crippen LogP contribution in [0.2, 0.25) is 0 Å². The number of para-hydroxylation sites is 1. The lowest BCUT2D eigenvalue weighted by molar-refractivity contribution is -0.130. The normalized spacial score (nSPS) is 12.8. The highest BCUT2D eigenvalue weighted by Gasteiger charge is 2.31. The molecule has 266 valence electrons. The topological polar surface area (TPSA) is 244 Å². The molecule has 0 fully saturated rings. The van der Waals surface area contributed by atoms with Crippen LogP contribution >= 0.6 is 0 Å². The SMILES string of the molecule is Cc1cc(O)cc(C)c1CC(NC(=O)C(CCNC(=N)N)NC(=O)O)C(=O)N[C@@H](Cc1c[nH]c2ccccc12)c1nc(Cc2ccccc2)no1. The molecule has 5 aromatic rings. The van der Waals surface area contributed by atoms with E-state index in [0.717, 1.165) is 22.0 Å². The molecule has 0 radical (unpaired) electrons. The van der Waals surface area contributed by atoms with E-state index in [4.69, 9.17) is 15.7 Å². The van der Waals surface area contributed by atoms with Crippen molar-refractivity contribution in [2.75, 3.05) is 6.54 Å². The Morgan fingerprint density at radius 1 is 0.941 bits per heavy atom. The molecule has 15 heteroatoms. The summed E-state index contributed by atoms with van der Waals surface area (Å²) in [4.78, 5) is 47.4. The van der Waals surface area contributed by atoms with Gasteiger partial charge < -0.3 is 46.7 Å². The molecule has 3 amide bonds. The zero-order valence-corrected chi connectivity index (χ0v) is 28.2. The molecule has 5 rings (SSSR count). The Balaban J connectivity index is 1.46. The van der Waals surface area contributed by atoms with Crippen molar-refractivity contribution < 1.29 is 29.1 Å². The molecule has 10 N–H and O–H groups in total. The molecule has 0 bridgehead atoms. The summed E-state index contributed by atoms with van der Waals surface area (Å²) in [5, 5.41) is 42.6. The van der Waals surface area contributed by atoms with Crippen molar-refractivity contribution in [3.05, 3.63) is 112 Å². The van der Waals surface area contributed by atoms with E-state index in [-0.39, 0.29) is 43.4 Å². The van der Waals surface area contributed by atoms with Gasteiger partial charge in [0.2, 0.25) is 17.7 Å². The number of fused-ring (bicyclic) bond motifs is 1. The molecule has 2 aromatic heterocycles. The lowest BCUT2D eigenvalue weighted by Gasteiger charge is -2.25. The number of rotatable bonds is 15. The number of H-pyrrole nitrogens is 1. The van der Waals surface area contributed by atoms with E-state index < -0.39 is 36.0 Å². The van der Waals surface area contributed by atoms with Crippen LogP contribution in [0.4, 0.5) is 4.79 Å². The molecule has 2 unspecified atom stereocenters. The number of hydrogen-bond acceptors (Lipinski definition) is 8. The van der Waals surface area contributed by atoms with Gasteiger partial charge in [-0.25, -0.2) is 4.79 Å². The first-order chi connectivity index (χ1) is 24.5. The molecule has 3 aromatic carbocycles. The third-order valence-corrected chi connectivity index (χ3v) is 8.49. The maximum Gasteiger partial charge on any atom is 0.405 e. The number of carbonyl (C=O) groups excluding carboxylic acids is 2. The highest BCUT2D eigenvalue weighted by atomic mass is 16.5. The summed E-state index contributed by atoms with van der Waals surface area (Å²) in [6, 6.07) is 17.2. The number of carbonyl (C=O) groups is 3. The van der Waals surface area contributed by atoms with E-state index >= 15 is 0 Å². The quantitative estimate of drug-likeness (QED) is 0.0572. The highest BCUT2D eigenvalue weighted by molar-refractivity contribution is 5.91. The molecule has 2 heterocycles. The largest absolute Gasteiger partial charge is 0.508 e. The van der Waals surface area contributed by atoms with Gasteiger partial charge >= 0.3 is 6.09 Å². The predicted octanol–water partition coefficient (Wildman–Crippen LogP) is 3.10. The Kier molecular flexibility index (Phi) is 11.5. The number of aromatic hydroxyl groups is 1. The van der Waals surface area contributed by atoms with Crippen molar-refractivity contribution in [1.29, 1.82) is 5.41 Å². The summed E-state index contributed by atoms with van der Waals surface area (Å²) < 4.78 is 5.73. The molecule has 0 spiro atoms. The monoisotopic (exact) mass is 695 g/mol. The fourth-order valence-corrected chi connectivity index (χ4v) is 6.00. The number of carboxylic acid groups (broad SMARTS) is 1. The second kappa shape index (κ2) is 16.3. The van der Waals surface area contributed by atoms with Crippen molar-refractivity contribution in [1.82, 2.24) is 36.4 Å². The molecule has 51 heavy (non-hydrogen) atoms. The fraction of sp³-hybridized carbons (Fsp3) is 0.278. The zero-order valence-electron chi connectivity index (χ0n) is 28.2. The third-order valence-electron chi connectivity index (χ3n) is 8.49. The summed E-state index contributed by atoms with van der Waals surface area (Å²) in [6.07, 6.45) is 1.05. The number of benzene rings is 3. The Morgan fingerprint density at radius 3 is 2.33 bits per heavy atom. The van der Waals surface area contributed by atoms with Crippen LogP contribution in [0.15, 0.2) is 77.4 Å². The van der Waals surface area contributed by atoms with Gasteiger partial charge in [0.15, 0.2) is 11.8 Å². The van der Waals surface area contributed by atoms with Crippen LogP contribution in [0, 0.1) is 19.3 Å². The van der Waals surface area contributed by atoms with Crippen LogP contribution in [0.3, 0.4) is 0 Å². The van der Waals surface area contributed by atoms with E-state index in [1.165, 1.54) is 0 Å². The van der Waals surface area contributed by atoms with Crippen molar-refractivity contribution in [3.63, 3.8) is 0 Å².